The fraction of sp³-hybridized carbons (Fsp3) is 0.444. The summed E-state index contributed by atoms with van der Waals surface area (Å²) in [6, 6.07) is -1.05. The van der Waals surface area contributed by atoms with Crippen LogP contribution in [0.1, 0.15) is 17.0 Å². The first-order chi connectivity index (χ1) is 7.40. The molecule has 1 unspecified atom stereocenters. The molecule has 1 heterocycles. The number of carbonyl (C=O) groups excluding carboxylic acids is 1. The fourth-order valence-corrected chi connectivity index (χ4v) is 1.82. The molecule has 0 radical (unpaired) electrons. The molecular weight excluding hydrogens is 230 g/mol. The second kappa shape index (κ2) is 5.04. The molecule has 0 aromatic carbocycles. The normalized spacial score (nSPS) is 12.2. The third kappa shape index (κ3) is 3.28. The highest BCUT2D eigenvalue weighted by atomic mass is 32.1. The zero-order valence-electron chi connectivity index (χ0n) is 8.98. The Morgan fingerprint density at radius 3 is 2.62 bits per heavy atom. The van der Waals surface area contributed by atoms with Crippen molar-refractivity contribution in [3.8, 4) is 0 Å². The third-order valence-corrected chi connectivity index (χ3v) is 2.98. The molecule has 0 aliphatic rings. The van der Waals surface area contributed by atoms with Crippen LogP contribution >= 0.6 is 11.3 Å². The van der Waals surface area contributed by atoms with Crippen LogP contribution in [-0.2, 0) is 9.59 Å². The predicted molar refractivity (Wildman–Crippen MR) is 60.4 cm³/mol. The second-order valence-corrected chi connectivity index (χ2v) is 4.56. The predicted octanol–water partition coefficient (Wildman–Crippen LogP) is 0.500. The Morgan fingerprint density at radius 2 is 2.19 bits per heavy atom. The van der Waals surface area contributed by atoms with Gasteiger partial charge >= 0.3 is 5.97 Å². The molecule has 16 heavy (non-hydrogen) atoms. The van der Waals surface area contributed by atoms with E-state index in [0.717, 1.165) is 10.6 Å². The van der Waals surface area contributed by atoms with E-state index in [-0.39, 0.29) is 0 Å². The van der Waals surface area contributed by atoms with Crippen LogP contribution in [-0.4, -0.2) is 28.0 Å². The smallest absolute Gasteiger partial charge is 0.305 e. The van der Waals surface area contributed by atoms with Gasteiger partial charge in [-0.2, -0.15) is 0 Å². The topological polar surface area (TPSA) is 105 Å². The summed E-state index contributed by atoms with van der Waals surface area (Å²) in [5.74, 6) is -1.63. The maximum absolute atomic E-state index is 11.4. The maximum atomic E-state index is 11.4. The lowest BCUT2D eigenvalue weighted by molar-refractivity contribution is -0.138. The fourth-order valence-electron chi connectivity index (χ4n) is 1.01. The number of thiazole rings is 1. The molecule has 0 fully saturated rings. The average molecular weight is 243 g/mol. The summed E-state index contributed by atoms with van der Waals surface area (Å²) in [5, 5.41) is 11.4. The van der Waals surface area contributed by atoms with E-state index < -0.39 is 24.3 Å². The third-order valence-electron chi connectivity index (χ3n) is 1.99. The summed E-state index contributed by atoms with van der Waals surface area (Å²) in [6.45, 7) is 3.72. The lowest BCUT2D eigenvalue weighted by Crippen LogP contribution is -2.37. The molecule has 1 atom stereocenters. The van der Waals surface area contributed by atoms with Gasteiger partial charge in [0.05, 0.1) is 18.2 Å². The molecule has 7 heteroatoms. The van der Waals surface area contributed by atoms with Gasteiger partial charge in [-0.15, -0.1) is 11.3 Å². The molecular formula is C9H13N3O3S. The molecule has 0 saturated heterocycles. The number of aryl methyl sites for hydroxylation is 2. The SMILES string of the molecule is Cc1nc(NC(=O)C(N)CC(=O)O)sc1C. The number of anilines is 1. The van der Waals surface area contributed by atoms with Crippen LogP contribution in [0.15, 0.2) is 0 Å². The molecule has 1 aromatic rings. The number of aliphatic carboxylic acids is 1. The lowest BCUT2D eigenvalue weighted by atomic mass is 10.2. The van der Waals surface area contributed by atoms with Crippen molar-refractivity contribution in [1.82, 2.24) is 4.98 Å². The first-order valence-electron chi connectivity index (χ1n) is 4.62. The average Bonchev–Trinajstić information content (AvgIpc) is 2.44. The van der Waals surface area contributed by atoms with Crippen molar-refractivity contribution in [2.75, 3.05) is 5.32 Å². The standard InChI is InChI=1S/C9H13N3O3S/c1-4-5(2)16-9(11-4)12-8(15)6(10)3-7(13)14/h6H,3,10H2,1-2H3,(H,13,14)(H,11,12,15). The van der Waals surface area contributed by atoms with Gasteiger partial charge in [0.25, 0.3) is 0 Å². The van der Waals surface area contributed by atoms with Crippen LogP contribution in [0.5, 0.6) is 0 Å². The van der Waals surface area contributed by atoms with Crippen molar-refractivity contribution in [1.29, 1.82) is 0 Å². The molecule has 1 aromatic heterocycles. The summed E-state index contributed by atoms with van der Waals surface area (Å²) in [5.41, 5.74) is 6.23. The van der Waals surface area contributed by atoms with Crippen LogP contribution in [0.4, 0.5) is 5.13 Å². The Kier molecular flexibility index (Phi) is 3.97. The molecule has 4 N–H and O–H groups in total. The second-order valence-electron chi connectivity index (χ2n) is 3.35. The first-order valence-corrected chi connectivity index (χ1v) is 5.44. The van der Waals surface area contributed by atoms with Gasteiger partial charge in [0.2, 0.25) is 5.91 Å². The number of rotatable bonds is 4. The van der Waals surface area contributed by atoms with E-state index in [0.29, 0.717) is 5.13 Å². The summed E-state index contributed by atoms with van der Waals surface area (Å²) in [4.78, 5) is 26.9. The number of aromatic nitrogens is 1. The number of nitrogens with one attached hydrogen (secondary N) is 1. The van der Waals surface area contributed by atoms with Gasteiger partial charge in [-0.1, -0.05) is 0 Å². The van der Waals surface area contributed by atoms with Crippen molar-refractivity contribution in [2.45, 2.75) is 26.3 Å². The number of amides is 1. The zero-order chi connectivity index (χ0) is 12.3. The quantitative estimate of drug-likeness (QED) is 0.714. The first kappa shape index (κ1) is 12.6. The number of nitrogens with two attached hydrogens (primary N) is 1. The minimum Gasteiger partial charge on any atom is -0.481 e. The minimum atomic E-state index is -1.10. The van der Waals surface area contributed by atoms with Crippen molar-refractivity contribution in [3.05, 3.63) is 10.6 Å². The number of hydrogen-bond acceptors (Lipinski definition) is 5. The van der Waals surface area contributed by atoms with Crippen LogP contribution in [0.25, 0.3) is 0 Å². The van der Waals surface area contributed by atoms with Gasteiger partial charge in [-0.3, -0.25) is 9.59 Å². The molecule has 6 nitrogen and oxygen atoms in total. The molecule has 1 rings (SSSR count). The Labute approximate surface area is 96.5 Å². The monoisotopic (exact) mass is 243 g/mol. The Bertz CT molecular complexity index is 397. The van der Waals surface area contributed by atoms with Crippen molar-refractivity contribution < 1.29 is 14.7 Å². The molecule has 0 aliphatic carbocycles. The van der Waals surface area contributed by atoms with Crippen molar-refractivity contribution >= 4 is 28.3 Å². The van der Waals surface area contributed by atoms with E-state index in [1.54, 1.807) is 0 Å². The van der Waals surface area contributed by atoms with Crippen LogP contribution < -0.4 is 11.1 Å². The Hall–Kier alpha value is -1.47. The van der Waals surface area contributed by atoms with Gasteiger partial charge < -0.3 is 16.2 Å². The van der Waals surface area contributed by atoms with E-state index in [9.17, 15) is 9.59 Å². The summed E-state index contributed by atoms with van der Waals surface area (Å²) in [7, 11) is 0. The minimum absolute atomic E-state index is 0.394. The Balaban J connectivity index is 2.60. The Morgan fingerprint density at radius 1 is 1.56 bits per heavy atom. The molecule has 0 aliphatic heterocycles. The van der Waals surface area contributed by atoms with Gasteiger partial charge in [0.1, 0.15) is 0 Å². The van der Waals surface area contributed by atoms with E-state index in [2.05, 4.69) is 10.3 Å². The molecule has 1 amide bonds. The molecule has 0 spiro atoms. The number of carboxylic acid groups (broad SMARTS) is 1. The highest BCUT2D eigenvalue weighted by molar-refractivity contribution is 7.15. The maximum Gasteiger partial charge on any atom is 0.305 e. The van der Waals surface area contributed by atoms with Gasteiger partial charge in [0, 0.05) is 4.88 Å². The van der Waals surface area contributed by atoms with Crippen LogP contribution in [0.3, 0.4) is 0 Å². The largest absolute Gasteiger partial charge is 0.481 e. The lowest BCUT2D eigenvalue weighted by Gasteiger charge is -2.07. The number of nitrogens with zero attached hydrogens (tertiary/aromatic N) is 1. The number of hydrogen-bond donors (Lipinski definition) is 3. The van der Waals surface area contributed by atoms with Gasteiger partial charge in [-0.05, 0) is 13.8 Å². The molecule has 0 bridgehead atoms. The highest BCUT2D eigenvalue weighted by Gasteiger charge is 2.18. The van der Waals surface area contributed by atoms with Gasteiger partial charge in [-0.25, -0.2) is 4.98 Å². The molecule has 0 saturated carbocycles. The number of carboxylic acids is 1. The van der Waals surface area contributed by atoms with E-state index in [1.165, 1.54) is 11.3 Å². The zero-order valence-corrected chi connectivity index (χ0v) is 9.80. The van der Waals surface area contributed by atoms with Crippen molar-refractivity contribution in [2.24, 2.45) is 5.73 Å². The summed E-state index contributed by atoms with van der Waals surface area (Å²) < 4.78 is 0. The van der Waals surface area contributed by atoms with E-state index >= 15 is 0 Å². The van der Waals surface area contributed by atoms with E-state index in [1.807, 2.05) is 13.8 Å². The van der Waals surface area contributed by atoms with Crippen molar-refractivity contribution in [3.63, 3.8) is 0 Å². The summed E-state index contributed by atoms with van der Waals surface area (Å²) in [6.07, 6.45) is -0.394. The highest BCUT2D eigenvalue weighted by Crippen LogP contribution is 2.21. The summed E-state index contributed by atoms with van der Waals surface area (Å²) >= 11 is 1.33. The molecule has 88 valence electrons. The van der Waals surface area contributed by atoms with Crippen LogP contribution in [0, 0.1) is 13.8 Å². The number of carbonyl (C=O) groups is 2. The van der Waals surface area contributed by atoms with Crippen LogP contribution in [0.2, 0.25) is 0 Å². The van der Waals surface area contributed by atoms with Gasteiger partial charge in [0.15, 0.2) is 5.13 Å². The van der Waals surface area contributed by atoms with E-state index in [4.69, 9.17) is 10.8 Å².